The number of esters is 3. The lowest BCUT2D eigenvalue weighted by atomic mass is 10.2. The predicted molar refractivity (Wildman–Crippen MR) is 62.5 cm³/mol. The molecule has 0 saturated carbocycles. The zero-order valence-electron chi connectivity index (χ0n) is 10.9. The van der Waals surface area contributed by atoms with E-state index in [9.17, 15) is 14.4 Å². The molecule has 0 aliphatic carbocycles. The van der Waals surface area contributed by atoms with Crippen molar-refractivity contribution in [3.63, 3.8) is 0 Å². The van der Waals surface area contributed by atoms with Crippen molar-refractivity contribution in [2.75, 3.05) is 19.8 Å². The molecule has 0 N–H and O–H groups in total. The van der Waals surface area contributed by atoms with E-state index < -0.39 is 11.9 Å². The summed E-state index contributed by atoms with van der Waals surface area (Å²) < 4.78 is 14.0. The monoisotopic (exact) mass is 258 g/mol. The van der Waals surface area contributed by atoms with Gasteiger partial charge in [-0.05, 0) is 6.92 Å². The molecule has 0 radical (unpaired) electrons. The van der Waals surface area contributed by atoms with Crippen molar-refractivity contribution in [1.82, 2.24) is 0 Å². The molecule has 102 valence electrons. The Hall–Kier alpha value is -1.85. The Morgan fingerprint density at radius 1 is 1.00 bits per heavy atom. The van der Waals surface area contributed by atoms with E-state index in [4.69, 9.17) is 4.74 Å². The molecule has 0 aromatic heterocycles. The van der Waals surface area contributed by atoms with Crippen molar-refractivity contribution in [3.05, 3.63) is 12.2 Å². The van der Waals surface area contributed by atoms with Crippen LogP contribution < -0.4 is 0 Å². The van der Waals surface area contributed by atoms with Crippen molar-refractivity contribution >= 4 is 17.9 Å². The first kappa shape index (κ1) is 16.1. The fourth-order valence-electron chi connectivity index (χ4n) is 0.832. The van der Waals surface area contributed by atoms with E-state index in [1.54, 1.807) is 20.8 Å². The van der Waals surface area contributed by atoms with Crippen LogP contribution >= 0.6 is 0 Å². The van der Waals surface area contributed by atoms with E-state index in [1.165, 1.54) is 0 Å². The maximum Gasteiger partial charge on any atom is 0.345 e. The van der Waals surface area contributed by atoms with Gasteiger partial charge >= 0.3 is 17.9 Å². The summed E-state index contributed by atoms with van der Waals surface area (Å²) in [6, 6.07) is 0. The van der Waals surface area contributed by atoms with Crippen molar-refractivity contribution in [3.8, 4) is 0 Å². The molecular formula is C12H18O6. The minimum absolute atomic E-state index is 0.0567. The summed E-state index contributed by atoms with van der Waals surface area (Å²) in [5.41, 5.74) is -0.382. The SMILES string of the molecule is C=C(C(=O)OCC)C(=O)OCCOC(=O)C(C)C. The summed E-state index contributed by atoms with van der Waals surface area (Å²) in [4.78, 5) is 33.4. The van der Waals surface area contributed by atoms with Crippen LogP contribution in [0.3, 0.4) is 0 Å². The second kappa shape index (κ2) is 8.27. The van der Waals surface area contributed by atoms with Gasteiger partial charge in [0, 0.05) is 0 Å². The molecule has 0 saturated heterocycles. The van der Waals surface area contributed by atoms with Crippen molar-refractivity contribution < 1.29 is 28.6 Å². The molecule has 18 heavy (non-hydrogen) atoms. The van der Waals surface area contributed by atoms with E-state index in [2.05, 4.69) is 16.1 Å². The summed E-state index contributed by atoms with van der Waals surface area (Å²) >= 11 is 0. The van der Waals surface area contributed by atoms with Crippen LogP contribution in [0, 0.1) is 5.92 Å². The van der Waals surface area contributed by atoms with Crippen LogP contribution in [-0.4, -0.2) is 37.7 Å². The Labute approximate surface area is 106 Å². The maximum atomic E-state index is 11.3. The summed E-state index contributed by atoms with van der Waals surface area (Å²) in [7, 11) is 0. The molecule has 6 heteroatoms. The standard InChI is InChI=1S/C12H18O6/c1-5-16-11(14)9(4)12(15)18-7-6-17-10(13)8(2)3/h8H,4-7H2,1-3H3. The normalized spacial score (nSPS) is 9.78. The van der Waals surface area contributed by atoms with E-state index >= 15 is 0 Å². The fourth-order valence-corrected chi connectivity index (χ4v) is 0.832. The van der Waals surface area contributed by atoms with Gasteiger partial charge < -0.3 is 14.2 Å². The van der Waals surface area contributed by atoms with Crippen LogP contribution in [0.5, 0.6) is 0 Å². The molecule has 0 heterocycles. The summed E-state index contributed by atoms with van der Waals surface area (Å²) in [5, 5.41) is 0. The number of carbonyl (C=O) groups excluding carboxylic acids is 3. The highest BCUT2D eigenvalue weighted by molar-refractivity contribution is 6.13. The molecule has 0 rings (SSSR count). The number of ether oxygens (including phenoxy) is 3. The highest BCUT2D eigenvalue weighted by atomic mass is 16.6. The average molecular weight is 258 g/mol. The van der Waals surface area contributed by atoms with Crippen LogP contribution in [0.25, 0.3) is 0 Å². The van der Waals surface area contributed by atoms with Gasteiger partial charge in [-0.3, -0.25) is 4.79 Å². The van der Waals surface area contributed by atoms with Gasteiger partial charge in [0.25, 0.3) is 0 Å². The Kier molecular flexibility index (Phi) is 7.42. The number of rotatable bonds is 7. The first-order chi connectivity index (χ1) is 8.40. The van der Waals surface area contributed by atoms with Gasteiger partial charge in [-0.1, -0.05) is 20.4 Å². The van der Waals surface area contributed by atoms with Crippen LogP contribution in [0.2, 0.25) is 0 Å². The number of hydrogen-bond acceptors (Lipinski definition) is 6. The molecule has 6 nitrogen and oxygen atoms in total. The predicted octanol–water partition coefficient (Wildman–Crippen LogP) is 0.848. The van der Waals surface area contributed by atoms with Gasteiger partial charge in [-0.15, -0.1) is 0 Å². The third-order valence-electron chi connectivity index (χ3n) is 1.80. The van der Waals surface area contributed by atoms with Crippen LogP contribution in [0.1, 0.15) is 20.8 Å². The topological polar surface area (TPSA) is 78.9 Å². The number of hydrogen-bond donors (Lipinski definition) is 0. The zero-order chi connectivity index (χ0) is 14.1. The Morgan fingerprint density at radius 3 is 2.00 bits per heavy atom. The molecule has 0 fully saturated rings. The van der Waals surface area contributed by atoms with Gasteiger partial charge in [-0.25, -0.2) is 9.59 Å². The summed E-state index contributed by atoms with van der Waals surface area (Å²) in [6.07, 6.45) is 0. The second-order valence-electron chi connectivity index (χ2n) is 3.66. The number of carbonyl (C=O) groups is 3. The molecule has 0 unspecified atom stereocenters. The molecule has 0 spiro atoms. The largest absolute Gasteiger partial charge is 0.462 e. The molecule has 0 amide bonds. The maximum absolute atomic E-state index is 11.3. The third-order valence-corrected chi connectivity index (χ3v) is 1.80. The first-order valence-corrected chi connectivity index (χ1v) is 5.59. The van der Waals surface area contributed by atoms with Gasteiger partial charge in [0.15, 0.2) is 0 Å². The molecule has 0 aliphatic heterocycles. The lowest BCUT2D eigenvalue weighted by Crippen LogP contribution is -2.20. The molecule has 0 aromatic rings. The van der Waals surface area contributed by atoms with Crippen molar-refractivity contribution in [2.24, 2.45) is 5.92 Å². The summed E-state index contributed by atoms with van der Waals surface area (Å²) in [6.45, 7) is 8.22. The smallest absolute Gasteiger partial charge is 0.345 e. The zero-order valence-corrected chi connectivity index (χ0v) is 10.9. The minimum Gasteiger partial charge on any atom is -0.462 e. The molecule has 0 aromatic carbocycles. The average Bonchev–Trinajstić information content (AvgIpc) is 2.33. The van der Waals surface area contributed by atoms with Crippen LogP contribution in [0.4, 0.5) is 0 Å². The third kappa shape index (κ3) is 6.03. The Morgan fingerprint density at radius 2 is 1.50 bits per heavy atom. The van der Waals surface area contributed by atoms with Crippen molar-refractivity contribution in [2.45, 2.75) is 20.8 Å². The van der Waals surface area contributed by atoms with Crippen LogP contribution in [0.15, 0.2) is 12.2 Å². The van der Waals surface area contributed by atoms with Gasteiger partial charge in [0.2, 0.25) is 0 Å². The van der Waals surface area contributed by atoms with Crippen LogP contribution in [-0.2, 0) is 28.6 Å². The lowest BCUT2D eigenvalue weighted by Gasteiger charge is -2.08. The first-order valence-electron chi connectivity index (χ1n) is 5.59. The molecular weight excluding hydrogens is 240 g/mol. The van der Waals surface area contributed by atoms with Gasteiger partial charge in [0.1, 0.15) is 18.8 Å². The van der Waals surface area contributed by atoms with Crippen molar-refractivity contribution in [1.29, 1.82) is 0 Å². The highest BCUT2D eigenvalue weighted by Crippen LogP contribution is 1.99. The van der Waals surface area contributed by atoms with E-state index in [-0.39, 0.29) is 37.3 Å². The minimum atomic E-state index is -0.881. The molecule has 0 bridgehead atoms. The summed E-state index contributed by atoms with van der Waals surface area (Å²) in [5.74, 6) is -2.32. The van der Waals surface area contributed by atoms with E-state index in [1.807, 2.05) is 0 Å². The highest BCUT2D eigenvalue weighted by Gasteiger charge is 2.18. The van der Waals surface area contributed by atoms with E-state index in [0.717, 1.165) is 0 Å². The Bertz CT molecular complexity index is 331. The second-order valence-corrected chi connectivity index (χ2v) is 3.66. The fraction of sp³-hybridized carbons (Fsp3) is 0.583. The molecule has 0 atom stereocenters. The lowest BCUT2D eigenvalue weighted by molar-refractivity contribution is -0.154. The van der Waals surface area contributed by atoms with E-state index in [0.29, 0.717) is 0 Å². The van der Waals surface area contributed by atoms with Gasteiger partial charge in [0.05, 0.1) is 12.5 Å². The Balaban J connectivity index is 3.87. The quantitative estimate of drug-likeness (QED) is 0.168. The van der Waals surface area contributed by atoms with Gasteiger partial charge in [-0.2, -0.15) is 0 Å². The molecule has 0 aliphatic rings.